The minimum atomic E-state index is -3.80. The van der Waals surface area contributed by atoms with Crippen molar-refractivity contribution in [1.29, 1.82) is 0 Å². The van der Waals surface area contributed by atoms with Gasteiger partial charge in [0.25, 0.3) is 5.91 Å². The number of carbonyl (C=O) groups excluding carboxylic acids is 1. The van der Waals surface area contributed by atoms with Crippen LogP contribution in [0.4, 0.5) is 5.69 Å². The van der Waals surface area contributed by atoms with Gasteiger partial charge in [-0.1, -0.05) is 18.2 Å². The molecule has 0 saturated heterocycles. The first-order valence-corrected chi connectivity index (χ1v) is 10.7. The van der Waals surface area contributed by atoms with Gasteiger partial charge in [-0.15, -0.1) is 0 Å². The Morgan fingerprint density at radius 3 is 2.33 bits per heavy atom. The Morgan fingerprint density at radius 1 is 1.03 bits per heavy atom. The number of nitrogens with one attached hydrogen (secondary N) is 1. The Kier molecular flexibility index (Phi) is 4.84. The number of para-hydroxylation sites is 1. The van der Waals surface area contributed by atoms with E-state index in [-0.39, 0.29) is 10.8 Å². The summed E-state index contributed by atoms with van der Waals surface area (Å²) in [6, 6.07) is 17.0. The third kappa shape index (κ3) is 3.68. The number of benzene rings is 2. The average Bonchev–Trinajstić information content (AvgIpc) is 3.04. The molecule has 152 valence electrons. The molecule has 0 aliphatic rings. The summed E-state index contributed by atoms with van der Waals surface area (Å²) in [6.45, 7) is 3.64. The molecule has 2 aromatic heterocycles. The lowest BCUT2D eigenvalue weighted by Crippen LogP contribution is -2.14. The molecule has 4 rings (SSSR count). The van der Waals surface area contributed by atoms with Crippen LogP contribution in [0, 0.1) is 13.8 Å². The van der Waals surface area contributed by atoms with Gasteiger partial charge >= 0.3 is 0 Å². The number of anilines is 1. The van der Waals surface area contributed by atoms with E-state index in [2.05, 4.69) is 15.4 Å². The zero-order valence-corrected chi connectivity index (χ0v) is 17.1. The fourth-order valence-electron chi connectivity index (χ4n) is 3.27. The minimum absolute atomic E-state index is 0.0253. The Hall–Kier alpha value is -3.56. The van der Waals surface area contributed by atoms with Gasteiger partial charge in [0.15, 0.2) is 5.65 Å². The maximum Gasteiger partial charge on any atom is 0.256 e. The van der Waals surface area contributed by atoms with Gasteiger partial charge in [0.2, 0.25) is 10.0 Å². The molecule has 0 spiro atoms. The van der Waals surface area contributed by atoms with Gasteiger partial charge in [0.1, 0.15) is 0 Å². The van der Waals surface area contributed by atoms with Crippen LogP contribution in [0.3, 0.4) is 0 Å². The number of fused-ring (bicyclic) bond motifs is 1. The summed E-state index contributed by atoms with van der Waals surface area (Å²) in [5, 5.41) is 13.1. The molecule has 1 amide bonds. The summed E-state index contributed by atoms with van der Waals surface area (Å²) in [6.07, 6.45) is 0. The summed E-state index contributed by atoms with van der Waals surface area (Å²) in [5.41, 5.74) is 3.67. The van der Waals surface area contributed by atoms with Crippen LogP contribution in [0.15, 0.2) is 65.6 Å². The zero-order chi connectivity index (χ0) is 21.5. The first kappa shape index (κ1) is 19.7. The van der Waals surface area contributed by atoms with Crippen LogP contribution in [-0.4, -0.2) is 29.1 Å². The van der Waals surface area contributed by atoms with Crippen LogP contribution in [0.25, 0.3) is 16.7 Å². The fraction of sp³-hybridized carbons (Fsp3) is 0.0952. The number of sulfonamides is 1. The second kappa shape index (κ2) is 7.36. The largest absolute Gasteiger partial charge is 0.322 e. The summed E-state index contributed by atoms with van der Waals surface area (Å²) in [4.78, 5) is 17.6. The lowest BCUT2D eigenvalue weighted by atomic mass is 10.1. The van der Waals surface area contributed by atoms with Gasteiger partial charge in [-0.3, -0.25) is 4.79 Å². The van der Waals surface area contributed by atoms with Gasteiger partial charge in [-0.2, -0.15) is 5.10 Å². The van der Waals surface area contributed by atoms with Crippen LogP contribution in [0.1, 0.15) is 21.7 Å². The molecule has 0 unspecified atom stereocenters. The quantitative estimate of drug-likeness (QED) is 0.525. The van der Waals surface area contributed by atoms with E-state index in [0.29, 0.717) is 33.7 Å². The van der Waals surface area contributed by atoms with Crippen LogP contribution in [0.2, 0.25) is 0 Å². The highest BCUT2D eigenvalue weighted by Crippen LogP contribution is 2.26. The molecule has 9 heteroatoms. The first-order chi connectivity index (χ1) is 14.2. The van der Waals surface area contributed by atoms with Gasteiger partial charge in [-0.25, -0.2) is 23.2 Å². The number of amides is 1. The summed E-state index contributed by atoms with van der Waals surface area (Å²) >= 11 is 0. The number of nitrogens with zero attached hydrogens (tertiary/aromatic N) is 3. The lowest BCUT2D eigenvalue weighted by molar-refractivity contribution is 0.102. The smallest absolute Gasteiger partial charge is 0.256 e. The average molecular weight is 421 g/mol. The molecule has 0 saturated carbocycles. The number of hydrogen-bond donors (Lipinski definition) is 2. The highest BCUT2D eigenvalue weighted by molar-refractivity contribution is 7.89. The summed E-state index contributed by atoms with van der Waals surface area (Å²) in [7, 11) is -3.80. The van der Waals surface area contributed by atoms with Crippen molar-refractivity contribution in [3.8, 4) is 5.69 Å². The van der Waals surface area contributed by atoms with Crippen molar-refractivity contribution >= 4 is 32.7 Å². The number of hydrogen-bond acceptors (Lipinski definition) is 5. The SMILES string of the molecule is Cc1cc(C(=O)Nc2ccc(S(N)(=O)=O)cc2)c2c(C)nn(-c3ccccc3)c2n1. The number of rotatable bonds is 4. The maximum atomic E-state index is 13.0. The molecule has 2 heterocycles. The Balaban J connectivity index is 1.75. The third-order valence-electron chi connectivity index (χ3n) is 4.63. The fourth-order valence-corrected chi connectivity index (χ4v) is 3.78. The van der Waals surface area contributed by atoms with Crippen molar-refractivity contribution in [2.45, 2.75) is 18.7 Å². The Bertz CT molecular complexity index is 1360. The molecule has 2 aromatic carbocycles. The van der Waals surface area contributed by atoms with Crippen molar-refractivity contribution in [3.05, 3.63) is 77.6 Å². The van der Waals surface area contributed by atoms with Gasteiger partial charge < -0.3 is 5.32 Å². The number of nitrogens with two attached hydrogens (primary N) is 1. The van der Waals surface area contributed by atoms with Crippen LogP contribution < -0.4 is 10.5 Å². The molecule has 8 nitrogen and oxygen atoms in total. The van der Waals surface area contributed by atoms with Crippen LogP contribution >= 0.6 is 0 Å². The van der Waals surface area contributed by atoms with E-state index < -0.39 is 10.0 Å². The molecule has 0 aliphatic heterocycles. The lowest BCUT2D eigenvalue weighted by Gasteiger charge is -2.09. The highest BCUT2D eigenvalue weighted by atomic mass is 32.2. The maximum absolute atomic E-state index is 13.0. The molecule has 0 aliphatic carbocycles. The number of aryl methyl sites for hydroxylation is 2. The van der Waals surface area contributed by atoms with Crippen molar-refractivity contribution in [1.82, 2.24) is 14.8 Å². The monoisotopic (exact) mass is 421 g/mol. The van der Waals surface area contributed by atoms with Gasteiger partial charge in [0.05, 0.1) is 27.2 Å². The summed E-state index contributed by atoms with van der Waals surface area (Å²) < 4.78 is 24.5. The van der Waals surface area contributed by atoms with Gasteiger partial charge in [-0.05, 0) is 56.3 Å². The van der Waals surface area contributed by atoms with Crippen LogP contribution in [0.5, 0.6) is 0 Å². The Morgan fingerprint density at radius 2 is 1.70 bits per heavy atom. The van der Waals surface area contributed by atoms with E-state index in [9.17, 15) is 13.2 Å². The predicted molar refractivity (Wildman–Crippen MR) is 114 cm³/mol. The summed E-state index contributed by atoms with van der Waals surface area (Å²) in [5.74, 6) is -0.343. The first-order valence-electron chi connectivity index (χ1n) is 9.10. The van der Waals surface area contributed by atoms with Gasteiger partial charge in [0, 0.05) is 11.4 Å². The number of primary sulfonamides is 1. The number of pyridine rings is 1. The van der Waals surface area contributed by atoms with Crippen molar-refractivity contribution < 1.29 is 13.2 Å². The molecule has 0 radical (unpaired) electrons. The van der Waals surface area contributed by atoms with Crippen molar-refractivity contribution in [2.75, 3.05) is 5.32 Å². The second-order valence-electron chi connectivity index (χ2n) is 6.87. The molecule has 0 fully saturated rings. The molecule has 0 bridgehead atoms. The normalized spacial score (nSPS) is 11.6. The molecule has 3 N–H and O–H groups in total. The molecular formula is C21H19N5O3S. The van der Waals surface area contributed by atoms with Crippen molar-refractivity contribution in [3.63, 3.8) is 0 Å². The predicted octanol–water partition coefficient (Wildman–Crippen LogP) is 2.94. The molecule has 4 aromatic rings. The Labute approximate surface area is 173 Å². The number of aromatic nitrogens is 3. The van der Waals surface area contributed by atoms with E-state index in [0.717, 1.165) is 5.69 Å². The van der Waals surface area contributed by atoms with Crippen LogP contribution in [-0.2, 0) is 10.0 Å². The molecule has 0 atom stereocenters. The zero-order valence-electron chi connectivity index (χ0n) is 16.3. The van der Waals surface area contributed by atoms with E-state index in [1.54, 1.807) is 10.7 Å². The van der Waals surface area contributed by atoms with E-state index in [1.807, 2.05) is 44.2 Å². The standard InChI is InChI=1S/C21H19N5O3S/c1-13-12-18(21(27)24-15-8-10-17(11-9-15)30(22,28)29)19-14(2)25-26(20(19)23-13)16-6-4-3-5-7-16/h3-12H,1-2H3,(H,24,27)(H2,22,28,29). The number of carbonyl (C=O) groups is 1. The van der Waals surface area contributed by atoms with E-state index in [4.69, 9.17) is 5.14 Å². The third-order valence-corrected chi connectivity index (χ3v) is 5.56. The topological polar surface area (TPSA) is 120 Å². The second-order valence-corrected chi connectivity index (χ2v) is 8.43. The van der Waals surface area contributed by atoms with Crippen molar-refractivity contribution in [2.24, 2.45) is 5.14 Å². The highest BCUT2D eigenvalue weighted by Gasteiger charge is 2.20. The minimum Gasteiger partial charge on any atom is -0.322 e. The van der Waals surface area contributed by atoms with E-state index in [1.165, 1.54) is 24.3 Å². The van der Waals surface area contributed by atoms with E-state index >= 15 is 0 Å². The molecule has 30 heavy (non-hydrogen) atoms. The molecular weight excluding hydrogens is 402 g/mol.